The van der Waals surface area contributed by atoms with E-state index in [9.17, 15) is 4.79 Å². The van der Waals surface area contributed by atoms with Crippen LogP contribution in [0.3, 0.4) is 0 Å². The van der Waals surface area contributed by atoms with Gasteiger partial charge >= 0.3 is 5.97 Å². The number of hydrogen-bond acceptors (Lipinski definition) is 4. The molecule has 3 rings (SSSR count). The van der Waals surface area contributed by atoms with Crippen LogP contribution in [0, 0.1) is 6.92 Å². The minimum absolute atomic E-state index is 0.175. The first kappa shape index (κ1) is 14.8. The zero-order valence-corrected chi connectivity index (χ0v) is 12.7. The van der Waals surface area contributed by atoms with Crippen LogP contribution in [0.2, 0.25) is 0 Å². The summed E-state index contributed by atoms with van der Waals surface area (Å²) in [6.45, 7) is 1.95. The molecule has 0 saturated carbocycles. The smallest absolute Gasteiger partial charge is 0.335 e. The zero-order chi connectivity index (χ0) is 16.4. The molecule has 0 aliphatic carbocycles. The molecule has 23 heavy (non-hydrogen) atoms. The number of pyridine rings is 1. The minimum atomic E-state index is -0.993. The van der Waals surface area contributed by atoms with Gasteiger partial charge in [0.15, 0.2) is 0 Å². The number of hydrogen-bond donors (Lipinski definition) is 1. The van der Waals surface area contributed by atoms with Crippen molar-refractivity contribution in [2.45, 2.75) is 6.92 Å². The number of aryl methyl sites for hydroxylation is 1. The van der Waals surface area contributed by atoms with Crippen molar-refractivity contribution in [3.8, 4) is 17.2 Å². The quantitative estimate of drug-likeness (QED) is 0.787. The number of carboxylic acid groups (broad SMARTS) is 1. The lowest BCUT2D eigenvalue weighted by molar-refractivity contribution is 0.0696. The van der Waals surface area contributed by atoms with Crippen molar-refractivity contribution in [1.82, 2.24) is 4.98 Å². The van der Waals surface area contributed by atoms with Crippen LogP contribution in [0.5, 0.6) is 17.2 Å². The molecular weight excluding hydrogens is 294 g/mol. The summed E-state index contributed by atoms with van der Waals surface area (Å²) >= 11 is 0. The van der Waals surface area contributed by atoms with Gasteiger partial charge in [0.25, 0.3) is 0 Å². The Morgan fingerprint density at radius 2 is 1.96 bits per heavy atom. The highest BCUT2D eigenvalue weighted by atomic mass is 16.5. The maximum absolute atomic E-state index is 11.1. The Balaban J connectivity index is 2.06. The van der Waals surface area contributed by atoms with Crippen molar-refractivity contribution in [1.29, 1.82) is 0 Å². The molecule has 0 fully saturated rings. The zero-order valence-electron chi connectivity index (χ0n) is 12.7. The molecule has 0 unspecified atom stereocenters. The van der Waals surface area contributed by atoms with Gasteiger partial charge in [-0.15, -0.1) is 0 Å². The van der Waals surface area contributed by atoms with Crippen molar-refractivity contribution in [3.63, 3.8) is 0 Å². The highest BCUT2D eigenvalue weighted by Crippen LogP contribution is 2.33. The van der Waals surface area contributed by atoms with Crippen molar-refractivity contribution in [2.75, 3.05) is 7.11 Å². The average Bonchev–Trinajstić information content (AvgIpc) is 2.54. The van der Waals surface area contributed by atoms with Crippen molar-refractivity contribution >= 4 is 16.9 Å². The number of carboxylic acids is 1. The molecule has 1 aromatic heterocycles. The number of benzene rings is 2. The van der Waals surface area contributed by atoms with Crippen LogP contribution < -0.4 is 9.47 Å². The summed E-state index contributed by atoms with van der Waals surface area (Å²) in [4.78, 5) is 15.4. The molecule has 1 N–H and O–H groups in total. The fourth-order valence-corrected chi connectivity index (χ4v) is 2.38. The van der Waals surface area contributed by atoms with E-state index in [1.807, 2.05) is 19.1 Å². The number of aromatic carboxylic acids is 1. The SMILES string of the molecule is COc1cc2c(Oc3cccc(C(=O)O)c3)ccnc2cc1C. The van der Waals surface area contributed by atoms with E-state index < -0.39 is 5.97 Å². The molecule has 3 aromatic rings. The monoisotopic (exact) mass is 309 g/mol. The van der Waals surface area contributed by atoms with E-state index in [1.165, 1.54) is 12.1 Å². The van der Waals surface area contributed by atoms with Crippen molar-refractivity contribution < 1.29 is 19.4 Å². The Kier molecular flexibility index (Phi) is 3.85. The van der Waals surface area contributed by atoms with E-state index in [0.29, 0.717) is 11.5 Å². The van der Waals surface area contributed by atoms with Gasteiger partial charge in [-0.3, -0.25) is 4.98 Å². The van der Waals surface area contributed by atoms with Crippen LogP contribution in [-0.4, -0.2) is 23.2 Å². The number of nitrogens with zero attached hydrogens (tertiary/aromatic N) is 1. The summed E-state index contributed by atoms with van der Waals surface area (Å²) in [5.74, 6) is 0.801. The van der Waals surface area contributed by atoms with E-state index in [0.717, 1.165) is 22.2 Å². The predicted octanol–water partition coefficient (Wildman–Crippen LogP) is 4.04. The van der Waals surface area contributed by atoms with Crippen LogP contribution in [0.25, 0.3) is 10.9 Å². The summed E-state index contributed by atoms with van der Waals surface area (Å²) in [7, 11) is 1.61. The Morgan fingerprint density at radius 1 is 1.13 bits per heavy atom. The summed E-state index contributed by atoms with van der Waals surface area (Å²) < 4.78 is 11.2. The van der Waals surface area contributed by atoms with Crippen LogP contribution in [0.1, 0.15) is 15.9 Å². The number of carbonyl (C=O) groups is 1. The van der Waals surface area contributed by atoms with E-state index >= 15 is 0 Å². The lowest BCUT2D eigenvalue weighted by Crippen LogP contribution is -1.96. The molecule has 0 spiro atoms. The third-order valence-corrected chi connectivity index (χ3v) is 3.53. The average molecular weight is 309 g/mol. The number of aromatic nitrogens is 1. The molecule has 0 aliphatic rings. The molecule has 5 heteroatoms. The van der Waals surface area contributed by atoms with Gasteiger partial charge in [-0.25, -0.2) is 4.79 Å². The molecule has 116 valence electrons. The maximum atomic E-state index is 11.1. The molecule has 0 radical (unpaired) electrons. The summed E-state index contributed by atoms with van der Waals surface area (Å²) in [5, 5.41) is 9.87. The molecule has 0 atom stereocenters. The van der Waals surface area contributed by atoms with Crippen molar-refractivity contribution in [2.24, 2.45) is 0 Å². The second-order valence-electron chi connectivity index (χ2n) is 5.08. The van der Waals surface area contributed by atoms with Gasteiger partial charge in [-0.05, 0) is 48.9 Å². The second kappa shape index (κ2) is 5.96. The molecule has 1 heterocycles. The van der Waals surface area contributed by atoms with E-state index in [1.54, 1.807) is 31.5 Å². The number of fused-ring (bicyclic) bond motifs is 1. The molecule has 5 nitrogen and oxygen atoms in total. The molecule has 0 aliphatic heterocycles. The Labute approximate surface area is 133 Å². The van der Waals surface area contributed by atoms with Crippen molar-refractivity contribution in [3.05, 3.63) is 59.8 Å². The van der Waals surface area contributed by atoms with Gasteiger partial charge in [0, 0.05) is 11.6 Å². The summed E-state index contributed by atoms with van der Waals surface area (Å²) in [5.41, 5.74) is 1.95. The van der Waals surface area contributed by atoms with Gasteiger partial charge in [0.1, 0.15) is 17.2 Å². The number of rotatable bonds is 4. The molecule has 0 amide bonds. The number of methoxy groups -OCH3 is 1. The Hall–Kier alpha value is -3.08. The first-order valence-electron chi connectivity index (χ1n) is 7.03. The van der Waals surface area contributed by atoms with Gasteiger partial charge in [-0.1, -0.05) is 6.07 Å². The van der Waals surface area contributed by atoms with Crippen LogP contribution in [-0.2, 0) is 0 Å². The third kappa shape index (κ3) is 2.94. The first-order chi connectivity index (χ1) is 11.1. The third-order valence-electron chi connectivity index (χ3n) is 3.53. The van der Waals surface area contributed by atoms with Gasteiger partial charge in [0.05, 0.1) is 18.2 Å². The van der Waals surface area contributed by atoms with Gasteiger partial charge < -0.3 is 14.6 Å². The minimum Gasteiger partial charge on any atom is -0.496 e. The molecule has 0 bridgehead atoms. The first-order valence-corrected chi connectivity index (χ1v) is 7.03. The highest BCUT2D eigenvalue weighted by Gasteiger charge is 2.10. The lowest BCUT2D eigenvalue weighted by atomic mass is 10.1. The second-order valence-corrected chi connectivity index (χ2v) is 5.08. The van der Waals surface area contributed by atoms with E-state index in [4.69, 9.17) is 14.6 Å². The molecule has 0 saturated heterocycles. The van der Waals surface area contributed by atoms with E-state index in [-0.39, 0.29) is 5.56 Å². The predicted molar refractivity (Wildman–Crippen MR) is 86.5 cm³/mol. The standard InChI is InChI=1S/C18H15NO4/c1-11-8-15-14(10-17(11)22-2)16(6-7-19-15)23-13-5-3-4-12(9-13)18(20)21/h3-10H,1-2H3,(H,20,21). The largest absolute Gasteiger partial charge is 0.496 e. The number of ether oxygens (including phenoxy) is 2. The normalized spacial score (nSPS) is 10.5. The maximum Gasteiger partial charge on any atom is 0.335 e. The summed E-state index contributed by atoms with van der Waals surface area (Å²) in [6.07, 6.45) is 1.66. The van der Waals surface area contributed by atoms with E-state index in [2.05, 4.69) is 4.98 Å². The molecular formula is C18H15NO4. The highest BCUT2D eigenvalue weighted by molar-refractivity contribution is 5.89. The summed E-state index contributed by atoms with van der Waals surface area (Å²) in [6, 6.07) is 11.9. The molecule has 2 aromatic carbocycles. The lowest BCUT2D eigenvalue weighted by Gasteiger charge is -2.11. The van der Waals surface area contributed by atoms with Crippen LogP contribution in [0.15, 0.2) is 48.7 Å². The Morgan fingerprint density at radius 3 is 2.70 bits per heavy atom. The topological polar surface area (TPSA) is 68.7 Å². The fraction of sp³-hybridized carbons (Fsp3) is 0.111. The van der Waals surface area contributed by atoms with Crippen LogP contribution in [0.4, 0.5) is 0 Å². The Bertz CT molecular complexity index is 889. The fourth-order valence-electron chi connectivity index (χ4n) is 2.38. The van der Waals surface area contributed by atoms with Gasteiger partial charge in [0.2, 0.25) is 0 Å². The van der Waals surface area contributed by atoms with Gasteiger partial charge in [-0.2, -0.15) is 0 Å². The van der Waals surface area contributed by atoms with Crippen LogP contribution >= 0.6 is 0 Å².